The maximum Gasteiger partial charge on any atom is 0.226 e. The molecule has 0 spiro atoms. The Morgan fingerprint density at radius 3 is 2.91 bits per heavy atom. The predicted octanol–water partition coefficient (Wildman–Crippen LogP) is 0.890. The molecule has 2 atom stereocenters. The molecule has 6 nitrogen and oxygen atoms in total. The molecule has 6 heteroatoms. The van der Waals surface area contributed by atoms with Crippen molar-refractivity contribution in [3.63, 3.8) is 0 Å². The molecule has 0 aromatic carbocycles. The van der Waals surface area contributed by atoms with Crippen LogP contribution in [0, 0.1) is 11.8 Å². The van der Waals surface area contributed by atoms with E-state index in [0.29, 0.717) is 18.4 Å². The van der Waals surface area contributed by atoms with Crippen molar-refractivity contribution in [2.24, 2.45) is 17.6 Å². The van der Waals surface area contributed by atoms with Crippen molar-refractivity contribution >= 4 is 11.7 Å². The molecular formula is C16H25N5O. The number of anilines is 1. The maximum absolute atomic E-state index is 12.8. The summed E-state index contributed by atoms with van der Waals surface area (Å²) in [5, 5.41) is 8.12. The highest BCUT2D eigenvalue weighted by Crippen LogP contribution is 2.32. The minimum atomic E-state index is 0.146. The molecule has 22 heavy (non-hydrogen) atoms. The van der Waals surface area contributed by atoms with Crippen LogP contribution < -0.4 is 10.6 Å². The largest absolute Gasteiger partial charge is 0.353 e. The standard InChI is InChI=1S/C16H25N5O/c17-12-13-4-1-5-14(13)16(22)21-9-3-8-20(10-11-21)15-6-2-7-18-19-15/h2,6-7,13-14H,1,3-5,8-12,17H2/t13-,14-/m1/s1. The quantitative estimate of drug-likeness (QED) is 0.897. The second-order valence-electron chi connectivity index (χ2n) is 6.28. The molecule has 120 valence electrons. The van der Waals surface area contributed by atoms with Crippen LogP contribution in [0.4, 0.5) is 5.82 Å². The second kappa shape index (κ2) is 7.05. The normalized spacial score (nSPS) is 26.0. The molecule has 2 fully saturated rings. The Kier molecular flexibility index (Phi) is 4.87. The minimum absolute atomic E-state index is 0.146. The number of amides is 1. The fourth-order valence-electron chi connectivity index (χ4n) is 3.71. The Morgan fingerprint density at radius 2 is 2.14 bits per heavy atom. The van der Waals surface area contributed by atoms with Crippen molar-refractivity contribution in [1.29, 1.82) is 0 Å². The number of nitrogens with two attached hydrogens (primary N) is 1. The van der Waals surface area contributed by atoms with Crippen molar-refractivity contribution in [3.05, 3.63) is 18.3 Å². The molecule has 1 saturated heterocycles. The first-order valence-electron chi connectivity index (χ1n) is 8.31. The lowest BCUT2D eigenvalue weighted by atomic mass is 9.94. The molecule has 3 rings (SSSR count). The third kappa shape index (κ3) is 3.21. The van der Waals surface area contributed by atoms with E-state index in [1.807, 2.05) is 17.0 Å². The van der Waals surface area contributed by atoms with E-state index in [1.165, 1.54) is 0 Å². The van der Waals surface area contributed by atoms with E-state index < -0.39 is 0 Å². The molecule has 0 radical (unpaired) electrons. The van der Waals surface area contributed by atoms with Gasteiger partial charge in [0.2, 0.25) is 5.91 Å². The Bertz CT molecular complexity index is 495. The molecule has 1 amide bonds. The molecule has 2 heterocycles. The van der Waals surface area contributed by atoms with Crippen LogP contribution in [0.1, 0.15) is 25.7 Å². The summed E-state index contributed by atoms with van der Waals surface area (Å²) >= 11 is 0. The van der Waals surface area contributed by atoms with Gasteiger partial charge in [0.15, 0.2) is 5.82 Å². The zero-order valence-electron chi connectivity index (χ0n) is 13.0. The Labute approximate surface area is 131 Å². The number of aromatic nitrogens is 2. The Balaban J connectivity index is 1.61. The molecule has 0 bridgehead atoms. The van der Waals surface area contributed by atoms with Crippen molar-refractivity contribution < 1.29 is 4.79 Å². The monoisotopic (exact) mass is 303 g/mol. The van der Waals surface area contributed by atoms with Gasteiger partial charge in [0.05, 0.1) is 0 Å². The lowest BCUT2D eigenvalue weighted by Gasteiger charge is -2.27. The summed E-state index contributed by atoms with van der Waals surface area (Å²) < 4.78 is 0. The van der Waals surface area contributed by atoms with E-state index in [-0.39, 0.29) is 5.92 Å². The van der Waals surface area contributed by atoms with Gasteiger partial charge < -0.3 is 15.5 Å². The van der Waals surface area contributed by atoms with Gasteiger partial charge in [-0.05, 0) is 43.9 Å². The van der Waals surface area contributed by atoms with Gasteiger partial charge in [0, 0.05) is 38.3 Å². The average molecular weight is 303 g/mol. The summed E-state index contributed by atoms with van der Waals surface area (Å²) in [7, 11) is 0. The van der Waals surface area contributed by atoms with Gasteiger partial charge in [0.1, 0.15) is 0 Å². The first kappa shape index (κ1) is 15.2. The van der Waals surface area contributed by atoms with E-state index >= 15 is 0 Å². The van der Waals surface area contributed by atoms with Crippen molar-refractivity contribution in [2.75, 3.05) is 37.6 Å². The predicted molar refractivity (Wildman–Crippen MR) is 85.3 cm³/mol. The second-order valence-corrected chi connectivity index (χ2v) is 6.28. The van der Waals surface area contributed by atoms with Crippen LogP contribution in [-0.4, -0.2) is 53.7 Å². The molecule has 1 aliphatic heterocycles. The Morgan fingerprint density at radius 1 is 1.23 bits per heavy atom. The van der Waals surface area contributed by atoms with E-state index in [1.54, 1.807) is 6.20 Å². The van der Waals surface area contributed by atoms with Gasteiger partial charge in [-0.2, -0.15) is 5.10 Å². The van der Waals surface area contributed by atoms with E-state index in [4.69, 9.17) is 5.73 Å². The summed E-state index contributed by atoms with van der Waals surface area (Å²) in [6.45, 7) is 3.99. The first-order chi connectivity index (χ1) is 10.8. The lowest BCUT2D eigenvalue weighted by molar-refractivity contribution is -0.136. The molecular weight excluding hydrogens is 278 g/mol. The highest BCUT2D eigenvalue weighted by Gasteiger charge is 2.35. The zero-order chi connectivity index (χ0) is 15.4. The number of nitrogens with zero attached hydrogens (tertiary/aromatic N) is 4. The summed E-state index contributed by atoms with van der Waals surface area (Å²) in [4.78, 5) is 17.0. The number of carbonyl (C=O) groups is 1. The number of hydrogen-bond acceptors (Lipinski definition) is 5. The van der Waals surface area contributed by atoms with Crippen LogP contribution >= 0.6 is 0 Å². The smallest absolute Gasteiger partial charge is 0.226 e. The summed E-state index contributed by atoms with van der Waals surface area (Å²) in [5.41, 5.74) is 5.83. The van der Waals surface area contributed by atoms with Crippen LogP contribution in [0.25, 0.3) is 0 Å². The zero-order valence-corrected chi connectivity index (χ0v) is 13.0. The summed E-state index contributed by atoms with van der Waals surface area (Å²) in [6.07, 6.45) is 5.90. The van der Waals surface area contributed by atoms with Gasteiger partial charge in [-0.25, -0.2) is 0 Å². The van der Waals surface area contributed by atoms with Gasteiger partial charge in [-0.1, -0.05) is 6.42 Å². The minimum Gasteiger partial charge on any atom is -0.353 e. The highest BCUT2D eigenvalue weighted by molar-refractivity contribution is 5.79. The SMILES string of the molecule is NC[C@H]1CCC[C@H]1C(=O)N1CCCN(c2cccnn2)CC1. The van der Waals surface area contributed by atoms with Crippen LogP contribution in [-0.2, 0) is 4.79 Å². The maximum atomic E-state index is 12.8. The van der Waals surface area contributed by atoms with Crippen molar-refractivity contribution in [2.45, 2.75) is 25.7 Å². The highest BCUT2D eigenvalue weighted by atomic mass is 16.2. The fourth-order valence-corrected chi connectivity index (χ4v) is 3.71. The number of rotatable bonds is 3. The van der Waals surface area contributed by atoms with E-state index in [2.05, 4.69) is 15.1 Å². The average Bonchev–Trinajstić information content (AvgIpc) is 2.91. The topological polar surface area (TPSA) is 75.4 Å². The fraction of sp³-hybridized carbons (Fsp3) is 0.688. The van der Waals surface area contributed by atoms with Crippen molar-refractivity contribution in [1.82, 2.24) is 15.1 Å². The van der Waals surface area contributed by atoms with Crippen LogP contribution in [0.2, 0.25) is 0 Å². The molecule has 1 aliphatic carbocycles. The van der Waals surface area contributed by atoms with Crippen LogP contribution in [0.3, 0.4) is 0 Å². The first-order valence-corrected chi connectivity index (χ1v) is 8.31. The Hall–Kier alpha value is -1.69. The lowest BCUT2D eigenvalue weighted by Crippen LogP contribution is -2.41. The van der Waals surface area contributed by atoms with Gasteiger partial charge in [-0.3, -0.25) is 4.79 Å². The molecule has 2 N–H and O–H groups in total. The molecule has 1 aromatic heterocycles. The van der Waals surface area contributed by atoms with Crippen LogP contribution in [0.5, 0.6) is 0 Å². The van der Waals surface area contributed by atoms with Gasteiger partial charge in [-0.15, -0.1) is 5.10 Å². The molecule has 1 saturated carbocycles. The van der Waals surface area contributed by atoms with Gasteiger partial charge in [0.25, 0.3) is 0 Å². The van der Waals surface area contributed by atoms with Crippen LogP contribution in [0.15, 0.2) is 18.3 Å². The summed E-state index contributed by atoms with van der Waals surface area (Å²) in [5.74, 6) is 1.74. The number of hydrogen-bond donors (Lipinski definition) is 1. The van der Waals surface area contributed by atoms with E-state index in [9.17, 15) is 4.79 Å². The number of carbonyl (C=O) groups excluding carboxylic acids is 1. The third-order valence-corrected chi connectivity index (χ3v) is 4.97. The van der Waals surface area contributed by atoms with Gasteiger partial charge >= 0.3 is 0 Å². The molecule has 0 unspecified atom stereocenters. The molecule has 1 aromatic rings. The van der Waals surface area contributed by atoms with Crippen molar-refractivity contribution in [3.8, 4) is 0 Å². The van der Waals surface area contributed by atoms with E-state index in [0.717, 1.165) is 57.7 Å². The summed E-state index contributed by atoms with van der Waals surface area (Å²) in [6, 6.07) is 3.88. The molecule has 2 aliphatic rings. The third-order valence-electron chi connectivity index (χ3n) is 4.97.